The molecule has 88 valence electrons. The van der Waals surface area contributed by atoms with Gasteiger partial charge in [0.2, 0.25) is 5.89 Å². The third-order valence-electron chi connectivity index (χ3n) is 2.05. The second kappa shape index (κ2) is 5.02. The van der Waals surface area contributed by atoms with Crippen molar-refractivity contribution in [2.24, 2.45) is 0 Å². The summed E-state index contributed by atoms with van der Waals surface area (Å²) in [5, 5.41) is 19.2. The first-order valence-electron chi connectivity index (χ1n) is 4.89. The van der Waals surface area contributed by atoms with Gasteiger partial charge in [0.25, 0.3) is 5.89 Å². The Balaban J connectivity index is 2.56. The number of aromatic nitrogens is 3. The van der Waals surface area contributed by atoms with Crippen molar-refractivity contribution in [1.82, 2.24) is 15.2 Å². The van der Waals surface area contributed by atoms with Gasteiger partial charge in [-0.3, -0.25) is 0 Å². The predicted molar refractivity (Wildman–Crippen MR) is 65.2 cm³/mol. The van der Waals surface area contributed by atoms with Crippen LogP contribution in [-0.4, -0.2) is 23.2 Å². The summed E-state index contributed by atoms with van der Waals surface area (Å²) in [6.45, 7) is 3.46. The summed E-state index contributed by atoms with van der Waals surface area (Å²) >= 11 is 1.42. The first kappa shape index (κ1) is 12.3. The van der Waals surface area contributed by atoms with Crippen LogP contribution in [0.1, 0.15) is 22.5 Å². The third-order valence-corrected chi connectivity index (χ3v) is 2.83. The van der Waals surface area contributed by atoms with Crippen molar-refractivity contribution in [3.05, 3.63) is 27.9 Å². The number of nitrogens with zero attached hydrogens (tertiary/aromatic N) is 4. The van der Waals surface area contributed by atoms with Crippen LogP contribution in [0.2, 0.25) is 0 Å². The molecular formula is C10H7BN4O2S. The molecule has 0 saturated heterocycles. The van der Waals surface area contributed by atoms with E-state index in [0.29, 0.717) is 11.6 Å². The van der Waals surface area contributed by atoms with E-state index < -0.39 is 0 Å². The minimum absolute atomic E-state index is 0.0170. The summed E-state index contributed by atoms with van der Waals surface area (Å²) in [5.41, 5.74) is 0.627. The molecule has 2 heterocycles. The molecule has 2 radical (unpaired) electrons. The lowest BCUT2D eigenvalue weighted by atomic mass is 10.2. The van der Waals surface area contributed by atoms with Gasteiger partial charge in [-0.15, -0.1) is 21.5 Å². The molecule has 0 N–H and O–H groups in total. The largest absolute Gasteiger partial charge is 0.563 e. The molecule has 0 atom stereocenters. The molecule has 0 aliphatic carbocycles. The molecular weight excluding hydrogens is 251 g/mol. The van der Waals surface area contributed by atoms with Crippen molar-refractivity contribution in [3.63, 3.8) is 0 Å². The van der Waals surface area contributed by atoms with Crippen LogP contribution >= 0.6 is 11.3 Å². The number of hydrogen-bond donors (Lipinski definition) is 0. The highest BCUT2D eigenvalue weighted by Gasteiger charge is 2.19. The molecule has 0 amide bonds. The zero-order valence-corrected chi connectivity index (χ0v) is 10.5. The number of allylic oxidation sites excluding steroid dienone is 1. The van der Waals surface area contributed by atoms with E-state index in [0.717, 1.165) is 5.01 Å². The van der Waals surface area contributed by atoms with Gasteiger partial charge in [0.05, 0.1) is 10.7 Å². The molecule has 2 aromatic rings. The maximum absolute atomic E-state index is 9.19. The lowest BCUT2D eigenvalue weighted by Crippen LogP contribution is -1.95. The van der Waals surface area contributed by atoms with E-state index in [-0.39, 0.29) is 17.2 Å². The van der Waals surface area contributed by atoms with Gasteiger partial charge in [0.1, 0.15) is 11.6 Å². The van der Waals surface area contributed by atoms with Crippen LogP contribution in [0.5, 0.6) is 0 Å². The quantitative estimate of drug-likeness (QED) is 0.472. The van der Waals surface area contributed by atoms with E-state index in [1.54, 1.807) is 12.3 Å². The third kappa shape index (κ3) is 2.26. The van der Waals surface area contributed by atoms with Crippen molar-refractivity contribution in [3.8, 4) is 6.07 Å². The van der Waals surface area contributed by atoms with Crippen LogP contribution in [0.4, 0.5) is 0 Å². The second-order valence-corrected chi connectivity index (χ2v) is 4.37. The van der Waals surface area contributed by atoms with Crippen molar-refractivity contribution in [2.45, 2.75) is 13.8 Å². The lowest BCUT2D eigenvalue weighted by molar-refractivity contribution is 0.464. The van der Waals surface area contributed by atoms with Gasteiger partial charge in [0, 0.05) is 12.3 Å². The molecule has 0 fully saturated rings. The Labute approximate surface area is 108 Å². The van der Waals surface area contributed by atoms with Gasteiger partial charge in [-0.1, -0.05) is 0 Å². The van der Waals surface area contributed by atoms with Crippen LogP contribution in [0, 0.1) is 25.2 Å². The zero-order valence-electron chi connectivity index (χ0n) is 9.67. The zero-order chi connectivity index (χ0) is 13.1. The molecule has 6 nitrogen and oxygen atoms in total. The number of thiazole rings is 1. The number of nitriles is 1. The summed E-state index contributed by atoms with van der Waals surface area (Å²) in [4.78, 5) is 4.20. The highest BCUT2D eigenvalue weighted by atomic mass is 32.1. The molecule has 0 aromatic carbocycles. The van der Waals surface area contributed by atoms with Gasteiger partial charge in [-0.05, 0) is 6.92 Å². The van der Waals surface area contributed by atoms with Crippen molar-refractivity contribution < 1.29 is 9.07 Å². The van der Waals surface area contributed by atoms with Gasteiger partial charge in [-0.25, -0.2) is 4.98 Å². The fourth-order valence-corrected chi connectivity index (χ4v) is 1.91. The Kier molecular flexibility index (Phi) is 3.44. The van der Waals surface area contributed by atoms with Crippen LogP contribution in [0.25, 0.3) is 11.3 Å². The van der Waals surface area contributed by atoms with Crippen LogP contribution in [0.3, 0.4) is 0 Å². The Hall–Kier alpha value is -2.14. The Morgan fingerprint density at radius 1 is 1.50 bits per heavy atom. The van der Waals surface area contributed by atoms with Gasteiger partial charge in [0.15, 0.2) is 5.76 Å². The lowest BCUT2D eigenvalue weighted by Gasteiger charge is -2.03. The Bertz CT molecular complexity index is 640. The maximum Gasteiger partial charge on any atom is 0.374 e. The van der Waals surface area contributed by atoms with Gasteiger partial charge < -0.3 is 9.07 Å². The van der Waals surface area contributed by atoms with Crippen LogP contribution in [0.15, 0.2) is 9.80 Å². The smallest absolute Gasteiger partial charge is 0.374 e. The van der Waals surface area contributed by atoms with E-state index >= 15 is 0 Å². The molecule has 8 heteroatoms. The molecule has 2 rings (SSSR count). The highest BCUT2D eigenvalue weighted by molar-refractivity contribution is 7.09. The van der Waals surface area contributed by atoms with Crippen molar-refractivity contribution >= 4 is 30.7 Å². The Morgan fingerprint density at radius 3 is 2.72 bits per heavy atom. The predicted octanol–water partition coefficient (Wildman–Crippen LogP) is 1.63. The van der Waals surface area contributed by atoms with Crippen molar-refractivity contribution in [2.75, 3.05) is 0 Å². The molecule has 0 bridgehead atoms. The summed E-state index contributed by atoms with van der Waals surface area (Å²) in [5.74, 6) is 0.423. The molecule has 0 aliphatic heterocycles. The van der Waals surface area contributed by atoms with E-state index in [2.05, 4.69) is 15.2 Å². The maximum atomic E-state index is 9.19. The van der Waals surface area contributed by atoms with Crippen molar-refractivity contribution in [1.29, 1.82) is 5.26 Å². The van der Waals surface area contributed by atoms with E-state index in [4.69, 9.17) is 17.1 Å². The summed E-state index contributed by atoms with van der Waals surface area (Å²) in [6.07, 6.45) is 0. The minimum Gasteiger partial charge on any atom is -0.563 e. The first-order chi connectivity index (χ1) is 8.65. The monoisotopic (exact) mass is 258 g/mol. The molecule has 0 saturated carbocycles. The molecule has 0 unspecified atom stereocenters. The number of rotatable bonds is 3. The van der Waals surface area contributed by atoms with Gasteiger partial charge >= 0.3 is 8.05 Å². The molecule has 2 aromatic heterocycles. The van der Waals surface area contributed by atoms with E-state index in [1.807, 2.05) is 13.0 Å². The standard InChI is InChI=1S/C10H7BN4O2S/c1-5-14-15-10(16-5)9(17-11)7(3-12)8-4-18-6(2)13-8/h4H,1-2H3. The molecule has 18 heavy (non-hydrogen) atoms. The SMILES string of the molecule is [B]OC(=C(C#N)c1csc(C)n1)c1nnc(C)o1. The summed E-state index contributed by atoms with van der Waals surface area (Å²) in [7, 11) is 5.17. The van der Waals surface area contributed by atoms with Crippen LogP contribution in [-0.2, 0) is 4.65 Å². The average molecular weight is 258 g/mol. The number of aryl methyl sites for hydroxylation is 2. The summed E-state index contributed by atoms with van der Waals surface area (Å²) in [6, 6.07) is 1.98. The topological polar surface area (TPSA) is 84.8 Å². The van der Waals surface area contributed by atoms with E-state index in [1.165, 1.54) is 11.3 Å². The number of hydrogen-bond acceptors (Lipinski definition) is 7. The molecule has 0 aliphatic rings. The summed E-state index contributed by atoms with van der Waals surface area (Å²) < 4.78 is 9.88. The highest BCUT2D eigenvalue weighted by Crippen LogP contribution is 2.26. The van der Waals surface area contributed by atoms with E-state index in [9.17, 15) is 5.26 Å². The second-order valence-electron chi connectivity index (χ2n) is 3.31. The molecule has 0 spiro atoms. The fraction of sp³-hybridized carbons (Fsp3) is 0.200. The average Bonchev–Trinajstić information content (AvgIpc) is 2.95. The fourth-order valence-electron chi connectivity index (χ4n) is 1.31. The van der Waals surface area contributed by atoms with Gasteiger partial charge in [-0.2, -0.15) is 5.26 Å². The normalized spacial score (nSPS) is 11.8. The van der Waals surface area contributed by atoms with Crippen LogP contribution < -0.4 is 0 Å². The first-order valence-corrected chi connectivity index (χ1v) is 5.77. The Morgan fingerprint density at radius 2 is 2.28 bits per heavy atom. The minimum atomic E-state index is 0.0170.